The number of amides is 1. The van der Waals surface area contributed by atoms with Crippen molar-refractivity contribution in [2.45, 2.75) is 45.3 Å². The predicted octanol–water partition coefficient (Wildman–Crippen LogP) is 1.66. The van der Waals surface area contributed by atoms with Crippen LogP contribution in [0, 0.1) is 6.92 Å². The van der Waals surface area contributed by atoms with Gasteiger partial charge in [-0.25, -0.2) is 0 Å². The smallest absolute Gasteiger partial charge is 0.237 e. The lowest BCUT2D eigenvalue weighted by Crippen LogP contribution is -2.58. The van der Waals surface area contributed by atoms with Crippen molar-refractivity contribution in [3.8, 4) is 0 Å². The van der Waals surface area contributed by atoms with Crippen molar-refractivity contribution in [2.75, 3.05) is 13.1 Å². The van der Waals surface area contributed by atoms with E-state index in [9.17, 15) is 4.79 Å². The highest BCUT2D eigenvalue weighted by Crippen LogP contribution is 2.33. The van der Waals surface area contributed by atoms with Crippen LogP contribution in [-0.2, 0) is 4.79 Å². The Kier molecular flexibility index (Phi) is 4.60. The second-order valence-electron chi connectivity index (χ2n) is 5.22. The summed E-state index contributed by atoms with van der Waals surface area (Å²) in [5.41, 5.74) is 7.49. The van der Waals surface area contributed by atoms with Crippen LogP contribution in [0.3, 0.4) is 0 Å². The van der Waals surface area contributed by atoms with Crippen LogP contribution in [0.5, 0.6) is 0 Å². The molecular weight excluding hydrogens is 258 g/mol. The molecule has 1 aromatic rings. The van der Waals surface area contributed by atoms with Gasteiger partial charge in [-0.1, -0.05) is 6.92 Å². The predicted molar refractivity (Wildman–Crippen MR) is 79.2 cm³/mol. The van der Waals surface area contributed by atoms with Crippen molar-refractivity contribution < 1.29 is 4.79 Å². The summed E-state index contributed by atoms with van der Waals surface area (Å²) in [6.07, 6.45) is 0.819. The standard InChI is InChI=1S/C14H23N3OS/c1-4-11-14(18)16-6-7-17(11)12(10(3)15)13-9(2)5-8-19-13/h5,8,10-12H,4,6-7,15H2,1-3H3,(H,16,18). The van der Waals surface area contributed by atoms with Gasteiger partial charge in [0.25, 0.3) is 0 Å². The van der Waals surface area contributed by atoms with E-state index in [0.29, 0.717) is 6.54 Å². The first kappa shape index (κ1) is 14.5. The van der Waals surface area contributed by atoms with Crippen LogP contribution < -0.4 is 11.1 Å². The summed E-state index contributed by atoms with van der Waals surface area (Å²) in [6.45, 7) is 7.79. The fourth-order valence-corrected chi connectivity index (χ4v) is 4.03. The molecule has 2 heterocycles. The van der Waals surface area contributed by atoms with Crippen molar-refractivity contribution in [1.29, 1.82) is 0 Å². The topological polar surface area (TPSA) is 58.4 Å². The maximum atomic E-state index is 12.0. The molecular formula is C14H23N3OS. The molecule has 0 spiro atoms. The third-order valence-corrected chi connectivity index (χ3v) is 4.87. The van der Waals surface area contributed by atoms with E-state index in [1.165, 1.54) is 10.4 Å². The Morgan fingerprint density at radius 2 is 2.37 bits per heavy atom. The average molecular weight is 281 g/mol. The second-order valence-corrected chi connectivity index (χ2v) is 6.17. The Bertz CT molecular complexity index is 444. The van der Waals surface area contributed by atoms with Gasteiger partial charge in [0.15, 0.2) is 0 Å². The van der Waals surface area contributed by atoms with E-state index < -0.39 is 0 Å². The monoisotopic (exact) mass is 281 g/mol. The zero-order valence-corrected chi connectivity index (χ0v) is 12.7. The zero-order valence-electron chi connectivity index (χ0n) is 11.8. The normalized spacial score (nSPS) is 24.0. The summed E-state index contributed by atoms with van der Waals surface area (Å²) in [7, 11) is 0. The molecule has 3 N–H and O–H groups in total. The third-order valence-electron chi connectivity index (χ3n) is 3.78. The van der Waals surface area contributed by atoms with E-state index >= 15 is 0 Å². The van der Waals surface area contributed by atoms with E-state index in [2.05, 4.69) is 35.5 Å². The van der Waals surface area contributed by atoms with Gasteiger partial charge in [0.2, 0.25) is 5.91 Å². The van der Waals surface area contributed by atoms with Gasteiger partial charge in [-0.3, -0.25) is 9.69 Å². The first-order valence-corrected chi connectivity index (χ1v) is 7.77. The van der Waals surface area contributed by atoms with E-state index in [1.807, 2.05) is 6.92 Å². The highest BCUT2D eigenvalue weighted by molar-refractivity contribution is 7.10. The molecule has 19 heavy (non-hydrogen) atoms. The molecule has 0 radical (unpaired) electrons. The quantitative estimate of drug-likeness (QED) is 0.882. The van der Waals surface area contributed by atoms with Crippen molar-refractivity contribution in [3.63, 3.8) is 0 Å². The lowest BCUT2D eigenvalue weighted by Gasteiger charge is -2.41. The van der Waals surface area contributed by atoms with E-state index in [4.69, 9.17) is 5.73 Å². The van der Waals surface area contributed by atoms with Crippen LogP contribution in [0.4, 0.5) is 0 Å². The highest BCUT2D eigenvalue weighted by atomic mass is 32.1. The number of nitrogens with zero attached hydrogens (tertiary/aromatic N) is 1. The summed E-state index contributed by atoms with van der Waals surface area (Å²) in [6, 6.07) is 2.21. The molecule has 3 atom stereocenters. The number of nitrogens with one attached hydrogen (secondary N) is 1. The SMILES string of the molecule is CCC1C(=O)NCCN1C(c1sccc1C)C(C)N. The Morgan fingerprint density at radius 1 is 1.63 bits per heavy atom. The number of carbonyl (C=O) groups excluding carboxylic acids is 1. The van der Waals surface area contributed by atoms with Gasteiger partial charge in [-0.05, 0) is 37.3 Å². The maximum Gasteiger partial charge on any atom is 0.237 e. The molecule has 4 nitrogen and oxygen atoms in total. The van der Waals surface area contributed by atoms with Gasteiger partial charge in [-0.15, -0.1) is 11.3 Å². The average Bonchev–Trinajstić information content (AvgIpc) is 2.76. The van der Waals surface area contributed by atoms with Crippen LogP contribution in [0.2, 0.25) is 0 Å². The van der Waals surface area contributed by atoms with Crippen LogP contribution in [0.25, 0.3) is 0 Å². The molecule has 0 saturated carbocycles. The summed E-state index contributed by atoms with van der Waals surface area (Å²) >= 11 is 1.74. The highest BCUT2D eigenvalue weighted by Gasteiger charge is 2.36. The minimum absolute atomic E-state index is 0.0114. The largest absolute Gasteiger partial charge is 0.353 e. The fraction of sp³-hybridized carbons (Fsp3) is 0.643. The summed E-state index contributed by atoms with van der Waals surface area (Å²) in [4.78, 5) is 15.6. The van der Waals surface area contributed by atoms with Crippen LogP contribution in [0.15, 0.2) is 11.4 Å². The molecule has 2 rings (SSSR count). The van der Waals surface area contributed by atoms with Crippen LogP contribution in [0.1, 0.15) is 36.8 Å². The molecule has 1 aliphatic rings. The fourth-order valence-electron chi connectivity index (χ4n) is 2.86. The van der Waals surface area contributed by atoms with Gasteiger partial charge < -0.3 is 11.1 Å². The van der Waals surface area contributed by atoms with Crippen LogP contribution >= 0.6 is 11.3 Å². The summed E-state index contributed by atoms with van der Waals surface area (Å²) in [5.74, 6) is 0.133. The zero-order chi connectivity index (χ0) is 14.0. The van der Waals surface area contributed by atoms with Gasteiger partial charge in [0, 0.05) is 24.0 Å². The lowest BCUT2D eigenvalue weighted by molar-refractivity contribution is -0.130. The Balaban J connectivity index is 2.33. The molecule has 0 aliphatic carbocycles. The third kappa shape index (κ3) is 2.83. The Labute approximate surface area is 119 Å². The number of hydrogen-bond acceptors (Lipinski definition) is 4. The van der Waals surface area contributed by atoms with Crippen molar-refractivity contribution in [1.82, 2.24) is 10.2 Å². The van der Waals surface area contributed by atoms with Gasteiger partial charge in [0.05, 0.1) is 12.1 Å². The molecule has 5 heteroatoms. The molecule has 0 bridgehead atoms. The Hall–Kier alpha value is -0.910. The van der Waals surface area contributed by atoms with Gasteiger partial charge in [-0.2, -0.15) is 0 Å². The van der Waals surface area contributed by atoms with Crippen molar-refractivity contribution >= 4 is 17.2 Å². The molecule has 3 unspecified atom stereocenters. The van der Waals surface area contributed by atoms with Crippen molar-refractivity contribution in [2.24, 2.45) is 5.73 Å². The summed E-state index contributed by atoms with van der Waals surface area (Å²) in [5, 5.41) is 5.05. The van der Waals surface area contributed by atoms with Gasteiger partial charge >= 0.3 is 0 Å². The Morgan fingerprint density at radius 3 is 2.89 bits per heavy atom. The number of hydrogen-bond donors (Lipinski definition) is 2. The molecule has 1 aliphatic heterocycles. The minimum Gasteiger partial charge on any atom is -0.353 e. The number of carbonyl (C=O) groups is 1. The summed E-state index contributed by atoms with van der Waals surface area (Å²) < 4.78 is 0. The van der Waals surface area contributed by atoms with E-state index in [-0.39, 0.29) is 24.0 Å². The molecule has 1 fully saturated rings. The molecule has 106 valence electrons. The number of piperazine rings is 1. The van der Waals surface area contributed by atoms with E-state index in [0.717, 1.165) is 13.0 Å². The molecule has 0 aromatic carbocycles. The molecule has 1 aromatic heterocycles. The first-order valence-electron chi connectivity index (χ1n) is 6.89. The number of nitrogens with two attached hydrogens (primary N) is 1. The number of rotatable bonds is 4. The molecule has 1 saturated heterocycles. The first-order chi connectivity index (χ1) is 9.06. The van der Waals surface area contributed by atoms with Crippen molar-refractivity contribution in [3.05, 3.63) is 21.9 Å². The minimum atomic E-state index is -0.0637. The number of aryl methyl sites for hydroxylation is 1. The lowest BCUT2D eigenvalue weighted by atomic mass is 9.99. The van der Waals surface area contributed by atoms with Gasteiger partial charge in [0.1, 0.15) is 0 Å². The van der Waals surface area contributed by atoms with E-state index in [1.54, 1.807) is 11.3 Å². The van der Waals surface area contributed by atoms with Crippen LogP contribution in [-0.4, -0.2) is 36.0 Å². The number of thiophene rings is 1. The second kappa shape index (κ2) is 6.03. The maximum absolute atomic E-state index is 12.0. The molecule has 1 amide bonds.